The highest BCUT2D eigenvalue weighted by Crippen LogP contribution is 2.52. The topological polar surface area (TPSA) is 37.3 Å². The minimum Gasteiger partial charge on any atom is -0.480 e. The van der Waals surface area contributed by atoms with E-state index in [1.54, 1.807) is 6.26 Å². The number of thioether (sulfide) groups is 1. The predicted octanol–water partition coefficient (Wildman–Crippen LogP) is 1.60. The van der Waals surface area contributed by atoms with Crippen LogP contribution < -0.4 is 0 Å². The van der Waals surface area contributed by atoms with Crippen LogP contribution in [-0.2, 0) is 4.79 Å². The molecule has 1 aliphatic rings. The molecule has 0 radical (unpaired) electrons. The third-order valence-electron chi connectivity index (χ3n) is 1.87. The Hall–Kier alpha value is -0.320. The Balaban J connectivity index is 2.64. The van der Waals surface area contributed by atoms with Crippen molar-refractivity contribution in [3.05, 3.63) is 0 Å². The normalized spacial score (nSPS) is 25.7. The molecule has 0 aromatic carbocycles. The van der Waals surface area contributed by atoms with E-state index in [2.05, 4.69) is 0 Å². The lowest BCUT2D eigenvalue weighted by atomic mass is 9.80. The summed E-state index contributed by atoms with van der Waals surface area (Å²) in [6, 6.07) is 0. The first-order chi connectivity index (χ1) is 4.92. The largest absolute Gasteiger partial charge is 0.480 e. The summed E-state index contributed by atoms with van der Waals surface area (Å²) in [4.78, 5) is 10.5. The van der Waals surface area contributed by atoms with E-state index in [-0.39, 0.29) is 0 Å². The molecule has 0 aromatic heterocycles. The maximum absolute atomic E-state index is 12.3. The molecule has 2 nitrogen and oxygen atoms in total. The van der Waals surface area contributed by atoms with E-state index in [9.17, 15) is 13.6 Å². The van der Waals surface area contributed by atoms with Crippen molar-refractivity contribution in [3.63, 3.8) is 0 Å². The SMILES string of the molecule is CSC1(C(=O)O)CC(F)(F)C1. The molecule has 0 aliphatic heterocycles. The third-order valence-corrected chi connectivity index (χ3v) is 3.11. The number of aliphatic carboxylic acids is 1. The molecule has 11 heavy (non-hydrogen) atoms. The summed E-state index contributed by atoms with van der Waals surface area (Å²) < 4.78 is 23.4. The van der Waals surface area contributed by atoms with Crippen LogP contribution in [0.4, 0.5) is 8.78 Å². The number of carboxylic acids is 1. The molecule has 1 saturated carbocycles. The first-order valence-corrected chi connectivity index (χ1v) is 4.31. The Morgan fingerprint density at radius 1 is 1.55 bits per heavy atom. The standard InChI is InChI=1S/C6H8F2O2S/c1-11-5(4(9)10)2-6(7,8)3-5/h2-3H2,1H3,(H,9,10). The molecule has 1 N–H and O–H groups in total. The Labute approximate surface area is 67.0 Å². The van der Waals surface area contributed by atoms with Crippen molar-refractivity contribution >= 4 is 17.7 Å². The fraction of sp³-hybridized carbons (Fsp3) is 0.833. The van der Waals surface area contributed by atoms with Crippen molar-refractivity contribution in [2.24, 2.45) is 0 Å². The molecule has 64 valence electrons. The lowest BCUT2D eigenvalue weighted by Crippen LogP contribution is -2.54. The number of hydrogen-bond donors (Lipinski definition) is 1. The quantitative estimate of drug-likeness (QED) is 0.704. The average Bonchev–Trinajstić information content (AvgIpc) is 1.81. The van der Waals surface area contributed by atoms with Crippen LogP contribution in [-0.4, -0.2) is 28.0 Å². The summed E-state index contributed by atoms with van der Waals surface area (Å²) >= 11 is 0.990. The van der Waals surface area contributed by atoms with Gasteiger partial charge in [-0.05, 0) is 6.26 Å². The van der Waals surface area contributed by atoms with Gasteiger partial charge >= 0.3 is 5.97 Å². The second kappa shape index (κ2) is 2.33. The molecule has 0 atom stereocenters. The highest BCUT2D eigenvalue weighted by Gasteiger charge is 2.60. The van der Waals surface area contributed by atoms with Gasteiger partial charge < -0.3 is 5.11 Å². The molecule has 0 spiro atoms. The van der Waals surface area contributed by atoms with Gasteiger partial charge in [-0.1, -0.05) is 0 Å². The van der Waals surface area contributed by atoms with E-state index < -0.39 is 29.5 Å². The van der Waals surface area contributed by atoms with Crippen LogP contribution in [0.25, 0.3) is 0 Å². The molecular formula is C6H8F2O2S. The zero-order chi connectivity index (χ0) is 8.70. The van der Waals surface area contributed by atoms with Gasteiger partial charge in [-0.2, -0.15) is 0 Å². The van der Waals surface area contributed by atoms with Crippen molar-refractivity contribution in [1.29, 1.82) is 0 Å². The van der Waals surface area contributed by atoms with Crippen LogP contribution in [0.1, 0.15) is 12.8 Å². The summed E-state index contributed by atoms with van der Waals surface area (Å²) in [6.45, 7) is 0. The maximum Gasteiger partial charge on any atom is 0.320 e. The van der Waals surface area contributed by atoms with Crippen LogP contribution in [0.15, 0.2) is 0 Å². The molecule has 1 rings (SSSR count). The summed E-state index contributed by atoms with van der Waals surface area (Å²) in [5, 5.41) is 8.56. The number of hydrogen-bond acceptors (Lipinski definition) is 2. The van der Waals surface area contributed by atoms with Gasteiger partial charge in [-0.15, -0.1) is 11.8 Å². The second-order valence-corrected chi connectivity index (χ2v) is 3.90. The molecule has 1 aliphatic carbocycles. The van der Waals surface area contributed by atoms with Crippen LogP contribution in [0.5, 0.6) is 0 Å². The number of carboxylic acid groups (broad SMARTS) is 1. The lowest BCUT2D eigenvalue weighted by Gasteiger charge is -2.42. The summed E-state index contributed by atoms with van der Waals surface area (Å²) in [7, 11) is 0. The average molecular weight is 182 g/mol. The van der Waals surface area contributed by atoms with Crippen molar-refractivity contribution in [3.8, 4) is 0 Å². The molecule has 0 bridgehead atoms. The number of alkyl halides is 2. The van der Waals surface area contributed by atoms with Gasteiger partial charge in [0.25, 0.3) is 5.92 Å². The lowest BCUT2D eigenvalue weighted by molar-refractivity contribution is -0.159. The molecule has 5 heteroatoms. The first kappa shape index (κ1) is 8.77. The van der Waals surface area contributed by atoms with Gasteiger partial charge in [0.05, 0.1) is 0 Å². The van der Waals surface area contributed by atoms with Gasteiger partial charge in [0.2, 0.25) is 0 Å². The molecule has 0 aromatic rings. The molecule has 0 saturated heterocycles. The summed E-state index contributed by atoms with van der Waals surface area (Å²) in [5.41, 5.74) is 0. The Morgan fingerprint density at radius 3 is 2.09 bits per heavy atom. The fourth-order valence-electron chi connectivity index (χ4n) is 1.17. The van der Waals surface area contributed by atoms with E-state index in [0.717, 1.165) is 11.8 Å². The fourth-order valence-corrected chi connectivity index (χ4v) is 2.05. The first-order valence-electron chi connectivity index (χ1n) is 3.08. The second-order valence-electron chi connectivity index (χ2n) is 2.71. The molecule has 1 fully saturated rings. The van der Waals surface area contributed by atoms with Crippen molar-refractivity contribution < 1.29 is 18.7 Å². The third kappa shape index (κ3) is 1.34. The highest BCUT2D eigenvalue weighted by molar-refractivity contribution is 8.00. The number of halogens is 2. The van der Waals surface area contributed by atoms with E-state index in [0.29, 0.717) is 0 Å². The molecule has 0 unspecified atom stereocenters. The number of carbonyl (C=O) groups is 1. The zero-order valence-corrected chi connectivity index (χ0v) is 6.75. The van der Waals surface area contributed by atoms with Crippen molar-refractivity contribution in [1.82, 2.24) is 0 Å². The molecule has 0 heterocycles. The van der Waals surface area contributed by atoms with E-state index in [4.69, 9.17) is 5.11 Å². The van der Waals surface area contributed by atoms with Crippen molar-refractivity contribution in [2.75, 3.05) is 6.26 Å². The van der Waals surface area contributed by atoms with Crippen LogP contribution in [0.2, 0.25) is 0 Å². The van der Waals surface area contributed by atoms with Gasteiger partial charge in [-0.25, -0.2) is 8.78 Å². The minimum atomic E-state index is -2.76. The smallest absolute Gasteiger partial charge is 0.320 e. The zero-order valence-electron chi connectivity index (χ0n) is 5.93. The summed E-state index contributed by atoms with van der Waals surface area (Å²) in [6.07, 6.45) is 0.482. The number of rotatable bonds is 2. The Kier molecular flexibility index (Phi) is 1.86. The summed E-state index contributed by atoms with van der Waals surface area (Å²) in [5.74, 6) is -3.89. The monoisotopic (exact) mass is 182 g/mol. The Morgan fingerprint density at radius 2 is 2.00 bits per heavy atom. The maximum atomic E-state index is 12.3. The van der Waals surface area contributed by atoms with Crippen molar-refractivity contribution in [2.45, 2.75) is 23.5 Å². The van der Waals surface area contributed by atoms with Crippen LogP contribution in [0, 0.1) is 0 Å². The highest BCUT2D eigenvalue weighted by atomic mass is 32.2. The Bertz CT molecular complexity index is 185. The molecule has 0 amide bonds. The van der Waals surface area contributed by atoms with Crippen LogP contribution in [0.3, 0.4) is 0 Å². The van der Waals surface area contributed by atoms with E-state index in [1.165, 1.54) is 0 Å². The molecular weight excluding hydrogens is 174 g/mol. The minimum absolute atomic E-state index is 0.531. The van der Waals surface area contributed by atoms with E-state index in [1.807, 2.05) is 0 Å². The van der Waals surface area contributed by atoms with Gasteiger partial charge in [0.1, 0.15) is 4.75 Å². The van der Waals surface area contributed by atoms with E-state index >= 15 is 0 Å². The van der Waals surface area contributed by atoms with Gasteiger partial charge in [0.15, 0.2) is 0 Å². The van der Waals surface area contributed by atoms with Gasteiger partial charge in [0, 0.05) is 12.8 Å². The van der Waals surface area contributed by atoms with Crippen LogP contribution >= 0.6 is 11.8 Å². The predicted molar refractivity (Wildman–Crippen MR) is 38.1 cm³/mol. The van der Waals surface area contributed by atoms with Gasteiger partial charge in [-0.3, -0.25) is 4.79 Å².